The molecule has 0 radical (unpaired) electrons. The Labute approximate surface area is 182 Å². The Morgan fingerprint density at radius 3 is 2.58 bits per heavy atom. The number of carbonyl (C=O) groups is 1. The van der Waals surface area contributed by atoms with Gasteiger partial charge in [0.05, 0.1) is 6.20 Å². The summed E-state index contributed by atoms with van der Waals surface area (Å²) in [6.07, 6.45) is 2.61. The van der Waals surface area contributed by atoms with Crippen LogP contribution in [0.1, 0.15) is 40.1 Å². The summed E-state index contributed by atoms with van der Waals surface area (Å²) in [6, 6.07) is 8.54. The van der Waals surface area contributed by atoms with Crippen molar-refractivity contribution in [1.82, 2.24) is 19.5 Å². The molecule has 3 aromatic rings. The minimum atomic E-state index is 0.178. The first-order chi connectivity index (χ1) is 14.9. The molecule has 31 heavy (non-hydrogen) atoms. The second-order valence-corrected chi connectivity index (χ2v) is 8.25. The molecule has 0 bridgehead atoms. The van der Waals surface area contributed by atoms with Crippen LogP contribution in [0.25, 0.3) is 5.65 Å². The number of nitriles is 1. The van der Waals surface area contributed by atoms with Crippen LogP contribution < -0.4 is 4.90 Å². The van der Waals surface area contributed by atoms with Crippen LogP contribution >= 0.6 is 0 Å². The van der Waals surface area contributed by atoms with Crippen molar-refractivity contribution < 1.29 is 4.79 Å². The number of rotatable bonds is 4. The molecular formula is C24H28N6O. The Hall–Kier alpha value is -3.40. The number of hydrogen-bond donors (Lipinski definition) is 0. The Balaban J connectivity index is 1.40. The van der Waals surface area contributed by atoms with Gasteiger partial charge in [-0.05, 0) is 56.9 Å². The molecule has 2 aromatic heterocycles. The van der Waals surface area contributed by atoms with Crippen LogP contribution in [0.5, 0.6) is 0 Å². The van der Waals surface area contributed by atoms with Crippen molar-refractivity contribution in [3.8, 4) is 6.07 Å². The highest BCUT2D eigenvalue weighted by molar-refractivity contribution is 5.77. The van der Waals surface area contributed by atoms with E-state index in [0.29, 0.717) is 24.1 Å². The zero-order chi connectivity index (χ0) is 22.1. The van der Waals surface area contributed by atoms with E-state index in [1.165, 1.54) is 16.8 Å². The maximum absolute atomic E-state index is 12.9. The van der Waals surface area contributed by atoms with E-state index in [2.05, 4.69) is 53.1 Å². The summed E-state index contributed by atoms with van der Waals surface area (Å²) < 4.78 is 1.70. The van der Waals surface area contributed by atoms with E-state index in [4.69, 9.17) is 0 Å². The average Bonchev–Trinajstić information content (AvgIpc) is 3.18. The molecule has 1 aliphatic rings. The van der Waals surface area contributed by atoms with Crippen molar-refractivity contribution in [3.05, 3.63) is 58.0 Å². The van der Waals surface area contributed by atoms with Gasteiger partial charge in [-0.2, -0.15) is 10.4 Å². The van der Waals surface area contributed by atoms with Crippen LogP contribution in [0.15, 0.2) is 24.4 Å². The summed E-state index contributed by atoms with van der Waals surface area (Å²) >= 11 is 0. The van der Waals surface area contributed by atoms with E-state index < -0.39 is 0 Å². The third-order valence-electron chi connectivity index (χ3n) is 6.47. The molecule has 4 rings (SSSR count). The van der Waals surface area contributed by atoms with Gasteiger partial charge in [0.25, 0.3) is 0 Å². The molecule has 0 atom stereocenters. The molecule has 0 N–H and O–H groups in total. The Bertz CT molecular complexity index is 1180. The zero-order valence-electron chi connectivity index (χ0n) is 18.6. The van der Waals surface area contributed by atoms with Gasteiger partial charge in [0, 0.05) is 49.7 Å². The minimum absolute atomic E-state index is 0.178. The van der Waals surface area contributed by atoms with Crippen molar-refractivity contribution in [2.45, 2.75) is 40.5 Å². The topological polar surface area (TPSA) is 77.5 Å². The number of fused-ring (bicyclic) bond motifs is 1. The van der Waals surface area contributed by atoms with E-state index >= 15 is 0 Å². The van der Waals surface area contributed by atoms with E-state index in [9.17, 15) is 10.1 Å². The highest BCUT2D eigenvalue weighted by atomic mass is 16.2. The monoisotopic (exact) mass is 416 g/mol. The molecule has 7 nitrogen and oxygen atoms in total. The predicted molar refractivity (Wildman–Crippen MR) is 120 cm³/mol. The molecule has 7 heteroatoms. The quantitative estimate of drug-likeness (QED) is 0.653. The second kappa shape index (κ2) is 8.38. The van der Waals surface area contributed by atoms with Gasteiger partial charge in [-0.25, -0.2) is 9.50 Å². The fourth-order valence-electron chi connectivity index (χ4n) is 4.42. The van der Waals surface area contributed by atoms with Gasteiger partial charge in [0.2, 0.25) is 5.91 Å². The van der Waals surface area contributed by atoms with Crippen LogP contribution in [0.4, 0.5) is 5.69 Å². The van der Waals surface area contributed by atoms with Crippen molar-refractivity contribution >= 4 is 17.2 Å². The summed E-state index contributed by atoms with van der Waals surface area (Å²) in [6.45, 7) is 11.4. The molecule has 0 aliphatic carbocycles. The molecular weight excluding hydrogens is 388 g/mol. The van der Waals surface area contributed by atoms with Gasteiger partial charge in [0.1, 0.15) is 11.6 Å². The molecule has 0 saturated carbocycles. The van der Waals surface area contributed by atoms with Crippen molar-refractivity contribution in [1.29, 1.82) is 5.26 Å². The number of carbonyl (C=O) groups excluding carboxylic acids is 1. The Morgan fingerprint density at radius 1 is 1.13 bits per heavy atom. The molecule has 1 fully saturated rings. The number of nitrogens with zero attached hydrogens (tertiary/aromatic N) is 6. The van der Waals surface area contributed by atoms with Gasteiger partial charge >= 0.3 is 0 Å². The molecule has 1 amide bonds. The van der Waals surface area contributed by atoms with Crippen molar-refractivity contribution in [3.63, 3.8) is 0 Å². The second-order valence-electron chi connectivity index (χ2n) is 8.25. The fourth-order valence-corrected chi connectivity index (χ4v) is 4.42. The number of hydrogen-bond acceptors (Lipinski definition) is 5. The van der Waals surface area contributed by atoms with E-state index in [1.54, 1.807) is 10.7 Å². The maximum Gasteiger partial charge on any atom is 0.223 e. The highest BCUT2D eigenvalue weighted by Gasteiger charge is 2.23. The standard InChI is InChI=1S/C24H28N6O/c1-16-6-5-7-22(17(16)2)28-10-12-29(13-11-28)23(31)9-8-21-18(3)27-24-20(14-25)15-26-30(24)19(21)4/h5-7,15H,8-13H2,1-4H3. The third-order valence-corrected chi connectivity index (χ3v) is 6.47. The maximum atomic E-state index is 12.9. The Kier molecular flexibility index (Phi) is 5.64. The summed E-state index contributed by atoms with van der Waals surface area (Å²) in [5, 5.41) is 13.5. The summed E-state index contributed by atoms with van der Waals surface area (Å²) in [5.41, 5.74) is 7.76. The summed E-state index contributed by atoms with van der Waals surface area (Å²) in [5.74, 6) is 0.178. The highest BCUT2D eigenvalue weighted by Crippen LogP contribution is 2.24. The van der Waals surface area contributed by atoms with E-state index in [0.717, 1.165) is 43.1 Å². The van der Waals surface area contributed by atoms with Gasteiger partial charge in [-0.1, -0.05) is 12.1 Å². The minimum Gasteiger partial charge on any atom is -0.368 e. The number of aryl methyl sites for hydroxylation is 3. The lowest BCUT2D eigenvalue weighted by molar-refractivity contribution is -0.131. The smallest absolute Gasteiger partial charge is 0.223 e. The normalized spacial score (nSPS) is 14.2. The van der Waals surface area contributed by atoms with Crippen LogP contribution in [0.3, 0.4) is 0 Å². The number of benzene rings is 1. The van der Waals surface area contributed by atoms with Gasteiger partial charge in [0.15, 0.2) is 5.65 Å². The van der Waals surface area contributed by atoms with Crippen molar-refractivity contribution in [2.24, 2.45) is 0 Å². The lowest BCUT2D eigenvalue weighted by Crippen LogP contribution is -2.49. The molecule has 0 unspecified atom stereocenters. The first kappa shape index (κ1) is 20.9. The average molecular weight is 417 g/mol. The lowest BCUT2D eigenvalue weighted by atomic mass is 10.1. The SMILES string of the molecule is Cc1cccc(N2CCN(C(=O)CCc3c(C)nc4c(C#N)cnn4c3C)CC2)c1C. The number of anilines is 1. The van der Waals surface area contributed by atoms with E-state index in [1.807, 2.05) is 18.7 Å². The van der Waals surface area contributed by atoms with Gasteiger partial charge in [-0.3, -0.25) is 4.79 Å². The fraction of sp³-hybridized carbons (Fsp3) is 0.417. The van der Waals surface area contributed by atoms with Crippen LogP contribution in [-0.2, 0) is 11.2 Å². The lowest BCUT2D eigenvalue weighted by Gasteiger charge is -2.37. The van der Waals surface area contributed by atoms with Gasteiger partial charge < -0.3 is 9.80 Å². The largest absolute Gasteiger partial charge is 0.368 e. The third kappa shape index (κ3) is 3.86. The molecule has 1 aliphatic heterocycles. The zero-order valence-corrected chi connectivity index (χ0v) is 18.6. The van der Waals surface area contributed by atoms with Crippen LogP contribution in [-0.4, -0.2) is 51.6 Å². The summed E-state index contributed by atoms with van der Waals surface area (Å²) in [7, 11) is 0. The number of amides is 1. The molecule has 1 saturated heterocycles. The van der Waals surface area contributed by atoms with E-state index in [-0.39, 0.29) is 5.91 Å². The molecule has 3 heterocycles. The number of piperazine rings is 1. The first-order valence-corrected chi connectivity index (χ1v) is 10.7. The van der Waals surface area contributed by atoms with Crippen LogP contribution in [0.2, 0.25) is 0 Å². The molecule has 160 valence electrons. The van der Waals surface area contributed by atoms with Crippen molar-refractivity contribution in [2.75, 3.05) is 31.1 Å². The van der Waals surface area contributed by atoms with Crippen LogP contribution in [0, 0.1) is 39.0 Å². The van der Waals surface area contributed by atoms with Gasteiger partial charge in [-0.15, -0.1) is 0 Å². The summed E-state index contributed by atoms with van der Waals surface area (Å²) in [4.78, 5) is 21.8. The number of aromatic nitrogens is 3. The molecule has 1 aromatic carbocycles. The Morgan fingerprint density at radius 2 is 1.87 bits per heavy atom. The molecule has 0 spiro atoms. The first-order valence-electron chi connectivity index (χ1n) is 10.7. The predicted octanol–water partition coefficient (Wildman–Crippen LogP) is 3.12.